The van der Waals surface area contributed by atoms with Crippen molar-refractivity contribution in [2.24, 2.45) is 5.92 Å². The number of nitrogens with one attached hydrogen (secondary N) is 1. The van der Waals surface area contributed by atoms with Crippen LogP contribution in [0.25, 0.3) is 0 Å². The molecule has 1 unspecified atom stereocenters. The second-order valence-electron chi connectivity index (χ2n) is 8.24. The molecule has 4 rings (SSSR count). The molecule has 1 spiro atoms. The Morgan fingerprint density at radius 2 is 2.11 bits per heavy atom. The number of hydrogen-bond acceptors (Lipinski definition) is 5. The lowest BCUT2D eigenvalue weighted by atomic mass is 9.88. The monoisotopic (exact) mass is 383 g/mol. The minimum atomic E-state index is -0.484. The molecule has 2 aromatic rings. The lowest BCUT2D eigenvalue weighted by Crippen LogP contribution is -2.54. The Labute approximate surface area is 166 Å². The lowest BCUT2D eigenvalue weighted by Gasteiger charge is -2.45. The molecule has 1 atom stereocenters. The van der Waals surface area contributed by atoms with Crippen LogP contribution in [0.2, 0.25) is 0 Å². The molecule has 1 amide bonds. The maximum absolute atomic E-state index is 12.7. The summed E-state index contributed by atoms with van der Waals surface area (Å²) in [5.74, 6) is 1.35. The van der Waals surface area contributed by atoms with Gasteiger partial charge in [-0.15, -0.1) is 0 Å². The van der Waals surface area contributed by atoms with Crippen LogP contribution in [-0.2, 0) is 28.2 Å². The minimum Gasteiger partial charge on any atom is -0.354 e. The largest absolute Gasteiger partial charge is 0.354 e. The quantitative estimate of drug-likeness (QED) is 0.854. The predicted molar refractivity (Wildman–Crippen MR) is 105 cm³/mol. The average molecular weight is 383 g/mol. The van der Waals surface area contributed by atoms with Gasteiger partial charge in [0.25, 0.3) is 5.91 Å². The Hall–Kier alpha value is -2.25. The van der Waals surface area contributed by atoms with Gasteiger partial charge in [-0.2, -0.15) is 0 Å². The summed E-state index contributed by atoms with van der Waals surface area (Å²) in [6, 6.07) is 6.02. The van der Waals surface area contributed by atoms with Crippen molar-refractivity contribution in [3.05, 3.63) is 48.3 Å². The van der Waals surface area contributed by atoms with Crippen LogP contribution in [0.1, 0.15) is 38.2 Å². The van der Waals surface area contributed by atoms with E-state index >= 15 is 0 Å². The number of ether oxygens (including phenoxy) is 1. The van der Waals surface area contributed by atoms with E-state index in [1.54, 1.807) is 0 Å². The Morgan fingerprint density at radius 1 is 1.29 bits per heavy atom. The average Bonchev–Trinajstić information content (AvgIpc) is 3.18. The molecule has 1 saturated heterocycles. The van der Waals surface area contributed by atoms with Crippen molar-refractivity contribution < 1.29 is 9.53 Å². The Bertz CT molecular complexity index is 796. The van der Waals surface area contributed by atoms with E-state index in [1.165, 1.54) is 0 Å². The molecule has 2 aliphatic heterocycles. The van der Waals surface area contributed by atoms with Gasteiger partial charge in [0.05, 0.1) is 12.2 Å². The van der Waals surface area contributed by atoms with Crippen LogP contribution in [0, 0.1) is 5.92 Å². The number of aromatic nitrogens is 3. The summed E-state index contributed by atoms with van der Waals surface area (Å²) in [7, 11) is 0. The van der Waals surface area contributed by atoms with E-state index < -0.39 is 11.7 Å². The Morgan fingerprint density at radius 3 is 2.82 bits per heavy atom. The second kappa shape index (κ2) is 8.01. The molecule has 4 heterocycles. The molecule has 1 N–H and O–H groups in total. The van der Waals surface area contributed by atoms with Crippen LogP contribution in [-0.4, -0.2) is 51.1 Å². The molecule has 150 valence electrons. The van der Waals surface area contributed by atoms with Crippen LogP contribution < -0.4 is 5.32 Å². The van der Waals surface area contributed by atoms with E-state index in [4.69, 9.17) is 4.74 Å². The van der Waals surface area contributed by atoms with E-state index in [0.29, 0.717) is 19.0 Å². The molecule has 28 heavy (non-hydrogen) atoms. The maximum Gasteiger partial charge on any atom is 0.251 e. The number of nitrogens with zero attached hydrogens (tertiary/aromatic N) is 4. The third-order valence-electron chi connectivity index (χ3n) is 5.61. The maximum atomic E-state index is 12.7. The molecule has 0 aromatic carbocycles. The number of likely N-dealkylation sites (tertiary alicyclic amines) is 1. The normalized spacial score (nSPS) is 21.6. The highest BCUT2D eigenvalue weighted by molar-refractivity contribution is 5.80. The van der Waals surface area contributed by atoms with Gasteiger partial charge in [0.2, 0.25) is 0 Å². The molecule has 1 fully saturated rings. The number of pyridine rings is 1. The van der Waals surface area contributed by atoms with Crippen molar-refractivity contribution in [2.45, 2.75) is 51.5 Å². The lowest BCUT2D eigenvalue weighted by molar-refractivity contribution is -0.174. The van der Waals surface area contributed by atoms with E-state index in [2.05, 4.69) is 44.7 Å². The zero-order valence-electron chi connectivity index (χ0n) is 16.7. The zero-order chi connectivity index (χ0) is 19.6. The van der Waals surface area contributed by atoms with Crippen molar-refractivity contribution >= 4 is 5.91 Å². The van der Waals surface area contributed by atoms with E-state index in [-0.39, 0.29) is 5.91 Å². The van der Waals surface area contributed by atoms with Gasteiger partial charge >= 0.3 is 0 Å². The number of carbonyl (C=O) groups excluding carboxylic acids is 1. The number of imidazole rings is 1. The van der Waals surface area contributed by atoms with Crippen LogP contribution >= 0.6 is 0 Å². The molecule has 0 aliphatic carbocycles. The van der Waals surface area contributed by atoms with Crippen molar-refractivity contribution in [1.82, 2.24) is 24.8 Å². The molecule has 0 radical (unpaired) electrons. The van der Waals surface area contributed by atoms with Crippen molar-refractivity contribution in [3.63, 3.8) is 0 Å². The fourth-order valence-electron chi connectivity index (χ4n) is 4.09. The first-order chi connectivity index (χ1) is 13.6. The molecular formula is C21H29N5O2. The fourth-order valence-corrected chi connectivity index (χ4v) is 4.09. The van der Waals surface area contributed by atoms with Crippen molar-refractivity contribution in [3.8, 4) is 0 Å². The van der Waals surface area contributed by atoms with Gasteiger partial charge in [0, 0.05) is 44.8 Å². The fraction of sp³-hybridized carbons (Fsp3) is 0.571. The molecule has 2 aliphatic rings. The predicted octanol–water partition coefficient (Wildman–Crippen LogP) is 1.94. The van der Waals surface area contributed by atoms with Crippen LogP contribution in [0.5, 0.6) is 0 Å². The van der Waals surface area contributed by atoms with Gasteiger partial charge in [-0.3, -0.25) is 14.7 Å². The van der Waals surface area contributed by atoms with Gasteiger partial charge in [0.1, 0.15) is 11.4 Å². The highest BCUT2D eigenvalue weighted by Gasteiger charge is 2.47. The second-order valence-corrected chi connectivity index (χ2v) is 8.24. The van der Waals surface area contributed by atoms with Crippen molar-refractivity contribution in [2.75, 3.05) is 19.6 Å². The first-order valence-electron chi connectivity index (χ1n) is 10.2. The van der Waals surface area contributed by atoms with E-state index in [0.717, 1.165) is 44.0 Å². The minimum absolute atomic E-state index is 0.0247. The van der Waals surface area contributed by atoms with E-state index in [9.17, 15) is 4.79 Å². The SMILES string of the molecule is CC(C)CNC(=O)C1Cn2ccnc2C2(CCN(Cc3ccccn3)CC2)O1. The number of carbonyl (C=O) groups is 1. The van der Waals surface area contributed by atoms with Crippen LogP contribution in [0.3, 0.4) is 0 Å². The third kappa shape index (κ3) is 3.95. The topological polar surface area (TPSA) is 72.3 Å². The Kier molecular flexibility index (Phi) is 5.46. The standard InChI is InChI=1S/C21H29N5O2/c1-16(2)13-24-19(27)18-15-26-12-9-23-20(26)21(28-18)6-10-25(11-7-21)14-17-5-3-4-8-22-17/h3-5,8-9,12,16,18H,6-7,10-11,13-15H2,1-2H3,(H,24,27). The Balaban J connectivity index is 1.45. The summed E-state index contributed by atoms with van der Waals surface area (Å²) in [4.78, 5) is 24.1. The number of fused-ring (bicyclic) bond motifs is 2. The number of piperidine rings is 1. The number of amides is 1. The van der Waals surface area contributed by atoms with Gasteiger partial charge in [-0.1, -0.05) is 19.9 Å². The smallest absolute Gasteiger partial charge is 0.251 e. The summed E-state index contributed by atoms with van der Waals surface area (Å²) in [6.45, 7) is 8.00. The molecular weight excluding hydrogens is 354 g/mol. The highest BCUT2D eigenvalue weighted by atomic mass is 16.5. The summed E-state index contributed by atoms with van der Waals surface area (Å²) < 4.78 is 8.55. The van der Waals surface area contributed by atoms with Gasteiger partial charge in [0.15, 0.2) is 6.10 Å². The van der Waals surface area contributed by atoms with Crippen molar-refractivity contribution in [1.29, 1.82) is 0 Å². The summed E-state index contributed by atoms with van der Waals surface area (Å²) in [6.07, 6.45) is 6.79. The first kappa shape index (κ1) is 19.1. The highest BCUT2D eigenvalue weighted by Crippen LogP contribution is 2.40. The van der Waals surface area contributed by atoms with Crippen LogP contribution in [0.4, 0.5) is 0 Å². The first-order valence-corrected chi connectivity index (χ1v) is 10.2. The molecule has 0 saturated carbocycles. The molecule has 7 heteroatoms. The van der Waals surface area contributed by atoms with Gasteiger partial charge < -0.3 is 14.6 Å². The van der Waals surface area contributed by atoms with Crippen LogP contribution in [0.15, 0.2) is 36.8 Å². The molecule has 7 nitrogen and oxygen atoms in total. The van der Waals surface area contributed by atoms with Gasteiger partial charge in [-0.05, 0) is 30.9 Å². The number of rotatable bonds is 5. The summed E-state index contributed by atoms with van der Waals surface area (Å²) >= 11 is 0. The molecule has 2 aromatic heterocycles. The summed E-state index contributed by atoms with van der Waals surface area (Å²) in [5, 5.41) is 3.02. The zero-order valence-corrected chi connectivity index (χ0v) is 16.7. The molecule has 0 bridgehead atoms. The van der Waals surface area contributed by atoms with E-state index in [1.807, 2.05) is 30.7 Å². The summed E-state index contributed by atoms with van der Waals surface area (Å²) in [5.41, 5.74) is 0.595. The van der Waals surface area contributed by atoms with Gasteiger partial charge in [-0.25, -0.2) is 4.98 Å². The third-order valence-corrected chi connectivity index (χ3v) is 5.61. The number of hydrogen-bond donors (Lipinski definition) is 1.